The fourth-order valence-corrected chi connectivity index (χ4v) is 5.12. The van der Waals surface area contributed by atoms with Gasteiger partial charge in [0.05, 0.1) is 6.61 Å². The van der Waals surface area contributed by atoms with E-state index >= 15 is 0 Å². The second-order valence-electron chi connectivity index (χ2n) is 8.71. The predicted octanol–water partition coefficient (Wildman–Crippen LogP) is 5.99. The van der Waals surface area contributed by atoms with Gasteiger partial charge in [-0.1, -0.05) is 54.1 Å². The van der Waals surface area contributed by atoms with E-state index in [1.165, 1.54) is 42.6 Å². The van der Waals surface area contributed by atoms with E-state index in [2.05, 4.69) is 41.3 Å². The zero-order valence-corrected chi connectivity index (χ0v) is 18.4. The van der Waals surface area contributed by atoms with Crippen molar-refractivity contribution >= 4 is 11.6 Å². The Hall–Kier alpha value is -2.49. The molecule has 0 spiro atoms. The number of hydrogen-bond acceptors (Lipinski definition) is 3. The van der Waals surface area contributed by atoms with Gasteiger partial charge in [-0.2, -0.15) is 0 Å². The summed E-state index contributed by atoms with van der Waals surface area (Å²) in [5, 5.41) is 10.7. The highest BCUT2D eigenvalue weighted by molar-refractivity contribution is 6.30. The van der Waals surface area contributed by atoms with Crippen LogP contribution in [-0.4, -0.2) is 36.2 Å². The lowest BCUT2D eigenvalue weighted by atomic mass is 9.75. The molecule has 5 rings (SSSR count). The Morgan fingerprint density at radius 1 is 0.903 bits per heavy atom. The SMILES string of the molecule is Oc1ccc2c(c1)OCC(c1ccc(Cl)cc1)C2c1ccc(CCN2CCCC2)cc1. The minimum Gasteiger partial charge on any atom is -0.508 e. The van der Waals surface area contributed by atoms with E-state index in [4.69, 9.17) is 16.3 Å². The van der Waals surface area contributed by atoms with Crippen LogP contribution in [-0.2, 0) is 6.42 Å². The second kappa shape index (κ2) is 8.94. The third-order valence-electron chi connectivity index (χ3n) is 6.71. The topological polar surface area (TPSA) is 32.7 Å². The van der Waals surface area contributed by atoms with Crippen molar-refractivity contribution in [2.24, 2.45) is 0 Å². The van der Waals surface area contributed by atoms with Crippen molar-refractivity contribution in [2.75, 3.05) is 26.2 Å². The Balaban J connectivity index is 1.44. The highest BCUT2D eigenvalue weighted by Crippen LogP contribution is 2.47. The molecule has 0 aliphatic carbocycles. The van der Waals surface area contributed by atoms with Gasteiger partial charge >= 0.3 is 0 Å². The average molecular weight is 434 g/mol. The van der Waals surface area contributed by atoms with Crippen molar-refractivity contribution in [3.05, 3.63) is 94.0 Å². The van der Waals surface area contributed by atoms with Gasteiger partial charge in [0.1, 0.15) is 11.5 Å². The Labute approximate surface area is 189 Å². The summed E-state index contributed by atoms with van der Waals surface area (Å²) >= 11 is 6.13. The molecule has 2 unspecified atom stereocenters. The van der Waals surface area contributed by atoms with E-state index in [1.54, 1.807) is 12.1 Å². The van der Waals surface area contributed by atoms with E-state index in [0.717, 1.165) is 29.3 Å². The first kappa shape index (κ1) is 20.4. The maximum atomic E-state index is 9.95. The lowest BCUT2D eigenvalue weighted by molar-refractivity contribution is 0.248. The summed E-state index contributed by atoms with van der Waals surface area (Å²) in [5.74, 6) is 1.36. The van der Waals surface area contributed by atoms with Gasteiger partial charge in [0.25, 0.3) is 0 Å². The molecule has 1 N–H and O–H groups in total. The minimum absolute atomic E-state index is 0.165. The molecule has 0 saturated carbocycles. The molecule has 2 aliphatic heterocycles. The molecule has 2 aliphatic rings. The van der Waals surface area contributed by atoms with E-state index in [0.29, 0.717) is 6.61 Å². The zero-order chi connectivity index (χ0) is 21.2. The maximum Gasteiger partial charge on any atom is 0.126 e. The number of benzene rings is 3. The van der Waals surface area contributed by atoms with Crippen molar-refractivity contribution < 1.29 is 9.84 Å². The molecule has 0 radical (unpaired) electrons. The molecule has 31 heavy (non-hydrogen) atoms. The smallest absolute Gasteiger partial charge is 0.126 e. The summed E-state index contributed by atoms with van der Waals surface area (Å²) < 4.78 is 6.07. The Bertz CT molecular complexity index is 1030. The van der Waals surface area contributed by atoms with Crippen LogP contribution in [0.5, 0.6) is 11.5 Å². The third-order valence-corrected chi connectivity index (χ3v) is 6.96. The minimum atomic E-state index is 0.165. The highest BCUT2D eigenvalue weighted by atomic mass is 35.5. The summed E-state index contributed by atoms with van der Waals surface area (Å²) in [6, 6.07) is 22.7. The molecule has 2 atom stereocenters. The summed E-state index contributed by atoms with van der Waals surface area (Å²) in [5.41, 5.74) is 5.00. The molecule has 3 aromatic carbocycles. The lowest BCUT2D eigenvalue weighted by Crippen LogP contribution is -2.25. The number of hydrogen-bond donors (Lipinski definition) is 1. The standard InChI is InChI=1S/C27H28ClNO2/c28-22-9-7-20(8-10-22)25-18-31-26-17-23(30)11-12-24(26)27(25)21-5-3-19(4-6-21)13-16-29-14-1-2-15-29/h3-12,17,25,27,30H,1-2,13-16,18H2. The van der Waals surface area contributed by atoms with Gasteiger partial charge in [-0.15, -0.1) is 0 Å². The van der Waals surface area contributed by atoms with E-state index in [-0.39, 0.29) is 17.6 Å². The van der Waals surface area contributed by atoms with Crippen LogP contribution in [0.1, 0.15) is 46.9 Å². The fourth-order valence-electron chi connectivity index (χ4n) is 4.99. The number of fused-ring (bicyclic) bond motifs is 1. The number of likely N-dealkylation sites (tertiary alicyclic amines) is 1. The van der Waals surface area contributed by atoms with Crippen LogP contribution in [0.25, 0.3) is 0 Å². The maximum absolute atomic E-state index is 9.95. The van der Waals surface area contributed by atoms with Crippen LogP contribution in [0.15, 0.2) is 66.7 Å². The van der Waals surface area contributed by atoms with Gasteiger partial charge in [-0.3, -0.25) is 0 Å². The first-order valence-corrected chi connectivity index (χ1v) is 11.6. The van der Waals surface area contributed by atoms with Crippen LogP contribution < -0.4 is 4.74 Å². The first-order valence-electron chi connectivity index (χ1n) is 11.2. The number of halogens is 1. The summed E-state index contributed by atoms with van der Waals surface area (Å²) in [6.07, 6.45) is 3.77. The van der Waals surface area contributed by atoms with Gasteiger partial charge in [0.15, 0.2) is 0 Å². The third kappa shape index (κ3) is 4.44. The normalized spacial score (nSPS) is 20.9. The van der Waals surface area contributed by atoms with Crippen LogP contribution in [0.2, 0.25) is 5.02 Å². The molecule has 1 saturated heterocycles. The van der Waals surface area contributed by atoms with Crippen molar-refractivity contribution in [3.63, 3.8) is 0 Å². The molecular formula is C27H28ClNO2. The summed E-state index contributed by atoms with van der Waals surface area (Å²) in [6.45, 7) is 4.20. The molecule has 160 valence electrons. The molecule has 4 heteroatoms. The molecule has 2 heterocycles. The van der Waals surface area contributed by atoms with E-state index in [9.17, 15) is 5.11 Å². The monoisotopic (exact) mass is 433 g/mol. The van der Waals surface area contributed by atoms with E-state index in [1.807, 2.05) is 18.2 Å². The molecule has 0 bridgehead atoms. The van der Waals surface area contributed by atoms with Gasteiger partial charge in [-0.05, 0) is 67.2 Å². The van der Waals surface area contributed by atoms with Gasteiger partial charge < -0.3 is 14.7 Å². The van der Waals surface area contributed by atoms with Crippen molar-refractivity contribution in [2.45, 2.75) is 31.1 Å². The Morgan fingerprint density at radius 2 is 1.61 bits per heavy atom. The molecule has 0 amide bonds. The van der Waals surface area contributed by atoms with Crippen molar-refractivity contribution in [1.82, 2.24) is 4.90 Å². The second-order valence-corrected chi connectivity index (χ2v) is 9.15. The number of phenolic OH excluding ortho intramolecular Hbond substituents is 1. The summed E-state index contributed by atoms with van der Waals surface area (Å²) in [4.78, 5) is 2.56. The fraction of sp³-hybridized carbons (Fsp3) is 0.333. The number of phenols is 1. The number of ether oxygens (including phenoxy) is 1. The predicted molar refractivity (Wildman–Crippen MR) is 125 cm³/mol. The van der Waals surface area contributed by atoms with Gasteiger partial charge in [-0.25, -0.2) is 0 Å². The summed E-state index contributed by atoms with van der Waals surface area (Å²) in [7, 11) is 0. The average Bonchev–Trinajstić information content (AvgIpc) is 3.32. The Kier molecular flexibility index (Phi) is 5.89. The largest absolute Gasteiger partial charge is 0.508 e. The number of rotatable bonds is 5. The first-order chi connectivity index (χ1) is 15.2. The van der Waals surface area contributed by atoms with Gasteiger partial charge in [0.2, 0.25) is 0 Å². The highest BCUT2D eigenvalue weighted by Gasteiger charge is 2.33. The number of nitrogens with zero attached hydrogens (tertiary/aromatic N) is 1. The zero-order valence-electron chi connectivity index (χ0n) is 17.6. The van der Waals surface area contributed by atoms with Crippen LogP contribution in [0.3, 0.4) is 0 Å². The van der Waals surface area contributed by atoms with Crippen molar-refractivity contribution in [3.8, 4) is 11.5 Å². The van der Waals surface area contributed by atoms with Crippen LogP contribution in [0, 0.1) is 0 Å². The quantitative estimate of drug-likeness (QED) is 0.536. The van der Waals surface area contributed by atoms with Gasteiger partial charge in [0, 0.05) is 35.0 Å². The number of aromatic hydroxyl groups is 1. The molecule has 3 nitrogen and oxygen atoms in total. The molecule has 0 aromatic heterocycles. The van der Waals surface area contributed by atoms with Crippen LogP contribution in [0.4, 0.5) is 0 Å². The lowest BCUT2D eigenvalue weighted by Gasteiger charge is -2.34. The molecule has 1 fully saturated rings. The molecule has 3 aromatic rings. The van der Waals surface area contributed by atoms with E-state index < -0.39 is 0 Å². The molecular weight excluding hydrogens is 406 g/mol. The van der Waals surface area contributed by atoms with Crippen molar-refractivity contribution in [1.29, 1.82) is 0 Å². The van der Waals surface area contributed by atoms with Crippen LogP contribution >= 0.6 is 11.6 Å². The Morgan fingerprint density at radius 3 is 2.35 bits per heavy atom.